The van der Waals surface area contributed by atoms with Crippen LogP contribution in [0.1, 0.15) is 22.3 Å². The van der Waals surface area contributed by atoms with Crippen LogP contribution in [0.4, 0.5) is 0 Å². The highest BCUT2D eigenvalue weighted by atomic mass is 127. The van der Waals surface area contributed by atoms with Crippen molar-refractivity contribution < 1.29 is 9.47 Å². The molecule has 0 atom stereocenters. The second kappa shape index (κ2) is 10.2. The van der Waals surface area contributed by atoms with Gasteiger partial charge in [0.15, 0.2) is 11.5 Å². The minimum absolute atomic E-state index is 0.325. The second-order valence-corrected chi connectivity index (χ2v) is 8.58. The van der Waals surface area contributed by atoms with Gasteiger partial charge in [-0.25, -0.2) is 0 Å². The third kappa shape index (κ3) is 5.48. The molecule has 0 aliphatic heterocycles. The summed E-state index contributed by atoms with van der Waals surface area (Å²) < 4.78 is 12.4. The molecule has 3 rings (SSSR count). The monoisotopic (exact) mass is 549 g/mol. The molecule has 3 aromatic carbocycles. The van der Waals surface area contributed by atoms with E-state index in [9.17, 15) is 5.26 Å². The molecule has 0 spiro atoms. The van der Waals surface area contributed by atoms with E-state index < -0.39 is 0 Å². The standard InChI is InChI=1S/C24H18Cl2INO2/c1-15-3-6-18(7-4-15)19(13-28)9-17-11-22(27)24(23(12-17)29-2)30-14-16-5-8-20(25)21(26)10-16/h3-12H,14H2,1-2H3/b19-9-. The van der Waals surface area contributed by atoms with Gasteiger partial charge in [0, 0.05) is 0 Å². The molecular formula is C24H18Cl2INO2. The van der Waals surface area contributed by atoms with Gasteiger partial charge in [0.05, 0.1) is 32.4 Å². The van der Waals surface area contributed by atoms with E-state index in [0.717, 1.165) is 25.8 Å². The third-order valence-corrected chi connectivity index (χ3v) is 5.95. The molecule has 0 saturated carbocycles. The van der Waals surface area contributed by atoms with Crippen LogP contribution in [0.2, 0.25) is 10.0 Å². The smallest absolute Gasteiger partial charge is 0.174 e. The molecule has 0 N–H and O–H groups in total. The summed E-state index contributed by atoms with van der Waals surface area (Å²) in [6, 6.07) is 19.4. The van der Waals surface area contributed by atoms with Crippen molar-refractivity contribution in [3.05, 3.63) is 90.5 Å². The number of aryl methyl sites for hydroxylation is 1. The van der Waals surface area contributed by atoms with E-state index >= 15 is 0 Å². The fourth-order valence-corrected chi connectivity index (χ4v) is 3.93. The molecule has 0 aliphatic carbocycles. The molecular weight excluding hydrogens is 532 g/mol. The van der Waals surface area contributed by atoms with E-state index in [1.807, 2.05) is 55.5 Å². The fraction of sp³-hybridized carbons (Fsp3) is 0.125. The first-order valence-corrected chi connectivity index (χ1v) is 10.9. The Morgan fingerprint density at radius 2 is 1.80 bits per heavy atom. The Labute approximate surface area is 200 Å². The Bertz CT molecular complexity index is 1140. The average molecular weight is 550 g/mol. The zero-order valence-electron chi connectivity index (χ0n) is 16.4. The molecule has 0 fully saturated rings. The van der Waals surface area contributed by atoms with E-state index in [4.69, 9.17) is 32.7 Å². The Hall–Kier alpha value is -2.20. The van der Waals surface area contributed by atoms with E-state index in [2.05, 4.69) is 28.7 Å². The van der Waals surface area contributed by atoms with E-state index in [0.29, 0.717) is 33.7 Å². The lowest BCUT2D eigenvalue weighted by molar-refractivity contribution is 0.282. The van der Waals surface area contributed by atoms with Crippen LogP contribution in [0, 0.1) is 21.8 Å². The molecule has 0 unspecified atom stereocenters. The number of benzene rings is 3. The van der Waals surface area contributed by atoms with Crippen molar-refractivity contribution in [2.24, 2.45) is 0 Å². The summed E-state index contributed by atoms with van der Waals surface area (Å²) >= 11 is 14.3. The van der Waals surface area contributed by atoms with Crippen molar-refractivity contribution in [1.82, 2.24) is 0 Å². The van der Waals surface area contributed by atoms with Crippen molar-refractivity contribution in [2.45, 2.75) is 13.5 Å². The normalized spacial score (nSPS) is 11.1. The lowest BCUT2D eigenvalue weighted by atomic mass is 10.0. The summed E-state index contributed by atoms with van der Waals surface area (Å²) in [4.78, 5) is 0. The number of hydrogen-bond acceptors (Lipinski definition) is 3. The highest BCUT2D eigenvalue weighted by Gasteiger charge is 2.13. The predicted octanol–water partition coefficient (Wildman–Crippen LogP) is 7.56. The van der Waals surface area contributed by atoms with Gasteiger partial charge in [-0.3, -0.25) is 0 Å². The van der Waals surface area contributed by atoms with Gasteiger partial charge < -0.3 is 9.47 Å². The van der Waals surface area contributed by atoms with Gasteiger partial charge in [0.1, 0.15) is 6.61 Å². The zero-order valence-corrected chi connectivity index (χ0v) is 20.0. The summed E-state index contributed by atoms with van der Waals surface area (Å²) in [6.45, 7) is 2.34. The number of nitrogens with zero attached hydrogens (tertiary/aromatic N) is 1. The van der Waals surface area contributed by atoms with Gasteiger partial charge in [-0.1, -0.05) is 59.1 Å². The Morgan fingerprint density at radius 3 is 2.43 bits per heavy atom. The van der Waals surface area contributed by atoms with Crippen LogP contribution in [0.15, 0.2) is 54.6 Å². The molecule has 0 aromatic heterocycles. The Kier molecular flexibility index (Phi) is 7.65. The molecule has 30 heavy (non-hydrogen) atoms. The summed E-state index contributed by atoms with van der Waals surface area (Å²) in [7, 11) is 1.59. The number of rotatable bonds is 6. The largest absolute Gasteiger partial charge is 0.493 e. The SMILES string of the molecule is COc1cc(/C=C(/C#N)c2ccc(C)cc2)cc(I)c1OCc1ccc(Cl)c(Cl)c1. The Balaban J connectivity index is 1.88. The van der Waals surface area contributed by atoms with Crippen LogP contribution >= 0.6 is 45.8 Å². The quantitative estimate of drug-likeness (QED) is 0.181. The van der Waals surface area contributed by atoms with Gasteiger partial charge >= 0.3 is 0 Å². The molecule has 0 radical (unpaired) electrons. The van der Waals surface area contributed by atoms with Crippen LogP contribution in [-0.4, -0.2) is 7.11 Å². The maximum absolute atomic E-state index is 9.62. The minimum Gasteiger partial charge on any atom is -0.493 e. The van der Waals surface area contributed by atoms with E-state index in [1.54, 1.807) is 19.2 Å². The van der Waals surface area contributed by atoms with Gasteiger partial charge in [-0.15, -0.1) is 0 Å². The number of halogens is 3. The van der Waals surface area contributed by atoms with Crippen molar-refractivity contribution in [2.75, 3.05) is 7.11 Å². The van der Waals surface area contributed by atoms with Crippen molar-refractivity contribution >= 4 is 57.4 Å². The molecule has 3 aromatic rings. The van der Waals surface area contributed by atoms with Crippen molar-refractivity contribution in [3.63, 3.8) is 0 Å². The number of methoxy groups -OCH3 is 1. The maximum atomic E-state index is 9.62. The molecule has 6 heteroatoms. The second-order valence-electron chi connectivity index (χ2n) is 6.61. The highest BCUT2D eigenvalue weighted by molar-refractivity contribution is 14.1. The summed E-state index contributed by atoms with van der Waals surface area (Å²) in [5.74, 6) is 1.23. The van der Waals surface area contributed by atoms with Crippen molar-refractivity contribution in [1.29, 1.82) is 5.26 Å². The topological polar surface area (TPSA) is 42.2 Å². The number of allylic oxidation sites excluding steroid dienone is 1. The lowest BCUT2D eigenvalue weighted by Crippen LogP contribution is -2.00. The van der Waals surface area contributed by atoms with Crippen LogP contribution in [0.25, 0.3) is 11.6 Å². The van der Waals surface area contributed by atoms with Crippen LogP contribution < -0.4 is 9.47 Å². The summed E-state index contributed by atoms with van der Waals surface area (Å²) in [6.07, 6.45) is 1.85. The summed E-state index contributed by atoms with van der Waals surface area (Å²) in [5, 5.41) is 10.6. The maximum Gasteiger partial charge on any atom is 0.174 e. The van der Waals surface area contributed by atoms with Crippen molar-refractivity contribution in [3.8, 4) is 17.6 Å². The number of hydrogen-bond donors (Lipinski definition) is 0. The first kappa shape index (κ1) is 22.5. The van der Waals surface area contributed by atoms with Gasteiger partial charge in [0.25, 0.3) is 0 Å². The van der Waals surface area contributed by atoms with Crippen LogP contribution in [-0.2, 0) is 6.61 Å². The predicted molar refractivity (Wildman–Crippen MR) is 131 cm³/mol. The molecule has 0 saturated heterocycles. The fourth-order valence-electron chi connectivity index (χ4n) is 2.83. The first-order valence-electron chi connectivity index (χ1n) is 9.04. The van der Waals surface area contributed by atoms with E-state index in [1.165, 1.54) is 0 Å². The van der Waals surface area contributed by atoms with Crippen LogP contribution in [0.5, 0.6) is 11.5 Å². The van der Waals surface area contributed by atoms with Gasteiger partial charge in [-0.05, 0) is 76.5 Å². The highest BCUT2D eigenvalue weighted by Crippen LogP contribution is 2.36. The molecule has 0 aliphatic rings. The molecule has 0 heterocycles. The summed E-state index contributed by atoms with van der Waals surface area (Å²) in [5.41, 5.74) is 4.36. The Morgan fingerprint density at radius 1 is 1.07 bits per heavy atom. The minimum atomic E-state index is 0.325. The lowest BCUT2D eigenvalue weighted by Gasteiger charge is -2.14. The number of ether oxygens (including phenoxy) is 2. The molecule has 0 amide bonds. The molecule has 152 valence electrons. The third-order valence-electron chi connectivity index (χ3n) is 4.41. The first-order chi connectivity index (χ1) is 14.4. The molecule has 3 nitrogen and oxygen atoms in total. The molecule has 0 bridgehead atoms. The van der Waals surface area contributed by atoms with Gasteiger partial charge in [-0.2, -0.15) is 5.26 Å². The zero-order chi connectivity index (χ0) is 21.7. The number of nitriles is 1. The average Bonchev–Trinajstić information content (AvgIpc) is 2.74. The van der Waals surface area contributed by atoms with Gasteiger partial charge in [0.2, 0.25) is 0 Å². The van der Waals surface area contributed by atoms with E-state index in [-0.39, 0.29) is 0 Å². The van der Waals surface area contributed by atoms with Crippen LogP contribution in [0.3, 0.4) is 0 Å².